The first-order valence-electron chi connectivity index (χ1n) is 28.7. The minimum atomic E-state index is -4.35. The maximum Gasteiger partial charge on any atom is 0.472 e. The van der Waals surface area contributed by atoms with Gasteiger partial charge in [0.2, 0.25) is 5.91 Å². The molecule has 9 heteroatoms. The van der Waals surface area contributed by atoms with E-state index in [0.29, 0.717) is 17.4 Å². The number of rotatable bonds is 53. The number of phosphoric ester groups is 1. The van der Waals surface area contributed by atoms with E-state index in [1.54, 1.807) is 6.08 Å². The second kappa shape index (κ2) is 49.0. The molecule has 3 atom stereocenters. The first kappa shape index (κ1) is 65.0. The van der Waals surface area contributed by atoms with Crippen molar-refractivity contribution in [3.63, 3.8) is 0 Å². The van der Waals surface area contributed by atoms with E-state index in [1.807, 2.05) is 27.2 Å². The summed E-state index contributed by atoms with van der Waals surface area (Å²) in [4.78, 5) is 23.3. The third-order valence-electron chi connectivity index (χ3n) is 13.2. The van der Waals surface area contributed by atoms with Gasteiger partial charge in [0.05, 0.1) is 39.9 Å². The summed E-state index contributed by atoms with van der Waals surface area (Å²) < 4.78 is 23.7. The molecule has 0 spiro atoms. The van der Waals surface area contributed by atoms with Crippen LogP contribution in [0.1, 0.15) is 284 Å². The van der Waals surface area contributed by atoms with Crippen LogP contribution in [0.25, 0.3) is 0 Å². The Hall–Kier alpha value is -1.02. The van der Waals surface area contributed by atoms with Crippen molar-refractivity contribution in [1.29, 1.82) is 0 Å². The molecule has 66 heavy (non-hydrogen) atoms. The number of unbranched alkanes of at least 4 members (excludes halogenated alkanes) is 38. The molecule has 0 radical (unpaired) electrons. The van der Waals surface area contributed by atoms with Crippen molar-refractivity contribution >= 4 is 13.7 Å². The highest BCUT2D eigenvalue weighted by molar-refractivity contribution is 7.47. The van der Waals surface area contributed by atoms with Crippen molar-refractivity contribution < 1.29 is 32.9 Å². The number of nitrogens with zero attached hydrogens (tertiary/aromatic N) is 1. The van der Waals surface area contributed by atoms with E-state index in [-0.39, 0.29) is 19.1 Å². The van der Waals surface area contributed by atoms with Gasteiger partial charge in [0.1, 0.15) is 13.2 Å². The lowest BCUT2D eigenvalue weighted by molar-refractivity contribution is -0.870. The first-order chi connectivity index (χ1) is 32.0. The number of nitrogens with one attached hydrogen (secondary N) is 1. The van der Waals surface area contributed by atoms with Crippen molar-refractivity contribution in [2.75, 3.05) is 40.9 Å². The van der Waals surface area contributed by atoms with Crippen molar-refractivity contribution in [3.8, 4) is 0 Å². The molecular weight excluding hydrogens is 840 g/mol. The maximum atomic E-state index is 13.0. The molecule has 0 aliphatic carbocycles. The average Bonchev–Trinajstić information content (AvgIpc) is 3.28. The van der Waals surface area contributed by atoms with Gasteiger partial charge in [0.15, 0.2) is 0 Å². The molecule has 3 unspecified atom stereocenters. The number of aliphatic hydroxyl groups excluding tert-OH is 1. The molecule has 0 rings (SSSR count). The van der Waals surface area contributed by atoms with Gasteiger partial charge in [-0.05, 0) is 44.9 Å². The second-order valence-electron chi connectivity index (χ2n) is 21.0. The Bertz CT molecular complexity index is 1130. The van der Waals surface area contributed by atoms with Gasteiger partial charge in [0.25, 0.3) is 0 Å². The molecule has 392 valence electrons. The first-order valence-corrected chi connectivity index (χ1v) is 30.2. The number of hydrogen-bond acceptors (Lipinski definition) is 5. The summed E-state index contributed by atoms with van der Waals surface area (Å²) in [6, 6.07) is -0.847. The zero-order chi connectivity index (χ0) is 48.5. The number of amides is 1. The Kier molecular flexibility index (Phi) is 48.2. The van der Waals surface area contributed by atoms with Crippen molar-refractivity contribution in [1.82, 2.24) is 5.32 Å². The zero-order valence-electron chi connectivity index (χ0n) is 44.7. The van der Waals surface area contributed by atoms with Crippen LogP contribution < -0.4 is 5.32 Å². The zero-order valence-corrected chi connectivity index (χ0v) is 45.6. The number of phosphoric acid groups is 1. The molecule has 0 saturated heterocycles. The van der Waals surface area contributed by atoms with Gasteiger partial charge in [-0.2, -0.15) is 0 Å². The molecule has 8 nitrogen and oxygen atoms in total. The lowest BCUT2D eigenvalue weighted by atomic mass is 10.0. The van der Waals surface area contributed by atoms with E-state index in [9.17, 15) is 19.4 Å². The predicted molar refractivity (Wildman–Crippen MR) is 286 cm³/mol. The molecular formula is C57H114N2O6P+. The molecule has 0 aromatic carbocycles. The molecule has 0 aromatic rings. The van der Waals surface area contributed by atoms with E-state index in [4.69, 9.17) is 9.05 Å². The van der Waals surface area contributed by atoms with E-state index in [1.165, 1.54) is 225 Å². The van der Waals surface area contributed by atoms with Crippen LogP contribution in [-0.4, -0.2) is 73.4 Å². The number of hydrogen-bond donors (Lipinski definition) is 3. The molecule has 3 N–H and O–H groups in total. The Balaban J connectivity index is 4.22. The molecule has 0 saturated carbocycles. The molecule has 0 fully saturated rings. The molecule has 1 amide bonds. The van der Waals surface area contributed by atoms with Crippen LogP contribution in [0.3, 0.4) is 0 Å². The van der Waals surface area contributed by atoms with E-state index in [0.717, 1.165) is 38.5 Å². The van der Waals surface area contributed by atoms with Gasteiger partial charge in [-0.1, -0.05) is 256 Å². The fourth-order valence-electron chi connectivity index (χ4n) is 8.63. The van der Waals surface area contributed by atoms with Crippen LogP contribution in [-0.2, 0) is 18.4 Å². The topological polar surface area (TPSA) is 105 Å². The van der Waals surface area contributed by atoms with Gasteiger partial charge in [-0.15, -0.1) is 0 Å². The fraction of sp³-hybridized carbons (Fsp3) is 0.912. The molecule has 0 aliphatic rings. The van der Waals surface area contributed by atoms with Gasteiger partial charge >= 0.3 is 7.82 Å². The Morgan fingerprint density at radius 1 is 0.500 bits per heavy atom. The van der Waals surface area contributed by atoms with Crippen LogP contribution in [0.4, 0.5) is 0 Å². The lowest BCUT2D eigenvalue weighted by Crippen LogP contribution is -2.45. The highest BCUT2D eigenvalue weighted by Gasteiger charge is 2.27. The maximum absolute atomic E-state index is 13.0. The van der Waals surface area contributed by atoms with Gasteiger partial charge in [0, 0.05) is 6.42 Å². The predicted octanol–water partition coefficient (Wildman–Crippen LogP) is 17.2. The monoisotopic (exact) mass is 954 g/mol. The minimum absolute atomic E-state index is 0.0623. The number of aliphatic hydroxyl groups is 1. The lowest BCUT2D eigenvalue weighted by Gasteiger charge is -2.25. The summed E-state index contributed by atoms with van der Waals surface area (Å²) in [6.45, 7) is 4.85. The standard InChI is InChI=1S/C57H113N2O6P/c1-6-8-10-12-14-16-18-20-22-24-26-28-29-30-31-32-34-36-38-40-42-44-46-48-50-56(60)55(54-65-66(62,63)64-53-52-59(3,4)5)58-57(61)51-49-47-45-43-41-39-37-35-33-27-25-23-21-19-17-15-13-11-9-7-2/h27,33,48,50,55-56,60H,6-26,28-32,34-47,49,51-54H2,1-5H3,(H-,58,61,62,63)/p+1/b33-27-,50-48+. The fourth-order valence-corrected chi connectivity index (χ4v) is 9.36. The Labute approximate surface area is 411 Å². The molecule has 0 aliphatic heterocycles. The smallest absolute Gasteiger partial charge is 0.387 e. The minimum Gasteiger partial charge on any atom is -0.387 e. The molecule has 0 bridgehead atoms. The highest BCUT2D eigenvalue weighted by Crippen LogP contribution is 2.43. The Morgan fingerprint density at radius 2 is 0.818 bits per heavy atom. The summed E-state index contributed by atoms with van der Waals surface area (Å²) >= 11 is 0. The van der Waals surface area contributed by atoms with Gasteiger partial charge in [-0.3, -0.25) is 13.8 Å². The van der Waals surface area contributed by atoms with E-state index in [2.05, 4.69) is 31.3 Å². The summed E-state index contributed by atoms with van der Waals surface area (Å²) in [5.41, 5.74) is 0. The molecule has 0 heterocycles. The van der Waals surface area contributed by atoms with Gasteiger partial charge in [-0.25, -0.2) is 4.57 Å². The van der Waals surface area contributed by atoms with Gasteiger partial charge < -0.3 is 19.8 Å². The number of quaternary nitrogens is 1. The average molecular weight is 955 g/mol. The van der Waals surface area contributed by atoms with Crippen LogP contribution in [0.5, 0.6) is 0 Å². The van der Waals surface area contributed by atoms with Crippen molar-refractivity contribution in [2.24, 2.45) is 0 Å². The number of carbonyl (C=O) groups is 1. The number of carbonyl (C=O) groups excluding carboxylic acids is 1. The SMILES string of the molecule is CCCCCCCCCCC/C=C\CCCCCCCCCC(=O)NC(COP(=O)(O)OCC[N+](C)(C)C)C(O)/C=C/CCCCCCCCCCCCCCCCCCCCCCCC. The van der Waals surface area contributed by atoms with Crippen LogP contribution in [0.15, 0.2) is 24.3 Å². The highest BCUT2D eigenvalue weighted by atomic mass is 31.2. The second-order valence-corrected chi connectivity index (χ2v) is 22.5. The number of likely N-dealkylation sites (N-methyl/N-ethyl adjacent to an activating group) is 1. The third-order valence-corrected chi connectivity index (χ3v) is 14.1. The van der Waals surface area contributed by atoms with E-state index >= 15 is 0 Å². The molecule has 0 aromatic heterocycles. The summed E-state index contributed by atoms with van der Waals surface area (Å²) in [6.07, 6.45) is 61.3. The quantitative estimate of drug-likeness (QED) is 0.0243. The van der Waals surface area contributed by atoms with Crippen LogP contribution >= 0.6 is 7.82 Å². The largest absolute Gasteiger partial charge is 0.472 e. The Morgan fingerprint density at radius 3 is 1.17 bits per heavy atom. The summed E-state index contributed by atoms with van der Waals surface area (Å²) in [5.74, 6) is -0.177. The van der Waals surface area contributed by atoms with Crippen LogP contribution in [0, 0.1) is 0 Å². The van der Waals surface area contributed by atoms with Crippen LogP contribution in [0.2, 0.25) is 0 Å². The third kappa shape index (κ3) is 50.8. The normalized spacial score (nSPS) is 14.1. The van der Waals surface area contributed by atoms with E-state index < -0.39 is 20.0 Å². The van der Waals surface area contributed by atoms with Crippen molar-refractivity contribution in [2.45, 2.75) is 296 Å². The van der Waals surface area contributed by atoms with Crippen molar-refractivity contribution in [3.05, 3.63) is 24.3 Å². The number of allylic oxidation sites excluding steroid dienone is 3. The summed E-state index contributed by atoms with van der Waals surface area (Å²) in [7, 11) is 1.58. The summed E-state index contributed by atoms with van der Waals surface area (Å²) in [5, 5.41) is 13.9.